The Morgan fingerprint density at radius 3 is 2.46 bits per heavy atom. The van der Waals surface area contributed by atoms with Gasteiger partial charge in [-0.05, 0) is 49.7 Å². The summed E-state index contributed by atoms with van der Waals surface area (Å²) in [7, 11) is -2.73. The van der Waals surface area contributed by atoms with Crippen LogP contribution in [0.3, 0.4) is 0 Å². The molecule has 0 radical (unpaired) electrons. The topological polar surface area (TPSA) is 87.2 Å². The number of methoxy groups -OCH3 is 1. The first-order valence-corrected chi connectivity index (χ1v) is 13.6. The van der Waals surface area contributed by atoms with Crippen molar-refractivity contribution in [3.63, 3.8) is 0 Å². The van der Waals surface area contributed by atoms with Crippen LogP contribution in [0, 0.1) is 0 Å². The minimum absolute atomic E-state index is 0.0353. The third-order valence-electron chi connectivity index (χ3n) is 6.00. The van der Waals surface area contributed by atoms with E-state index < -0.39 is 16.1 Å². The van der Waals surface area contributed by atoms with E-state index in [-0.39, 0.29) is 53.7 Å². The molecule has 8 nitrogen and oxygen atoms in total. The monoisotopic (exact) mass is 581 g/mol. The summed E-state index contributed by atoms with van der Waals surface area (Å²) in [5.74, 6) is -0.246. The summed E-state index contributed by atoms with van der Waals surface area (Å²) in [6.07, 6.45) is 1.62. The molecule has 0 saturated carbocycles. The number of ether oxygens (including phenoxy) is 1. The molecule has 2 amide bonds. The zero-order chi connectivity index (χ0) is 25.5. The molecule has 11 heteroatoms. The van der Waals surface area contributed by atoms with Crippen LogP contribution in [0.1, 0.15) is 25.8 Å². The number of hydrogen-bond donors (Lipinski definition) is 0. The molecule has 186 valence electrons. The van der Waals surface area contributed by atoms with E-state index in [1.807, 2.05) is 13.8 Å². The quantitative estimate of drug-likeness (QED) is 0.514. The summed E-state index contributed by atoms with van der Waals surface area (Å²) in [6.45, 7) is 3.63. The Kier molecular flexibility index (Phi) is 7.17. The van der Waals surface area contributed by atoms with E-state index in [0.29, 0.717) is 9.50 Å². The second-order valence-electron chi connectivity index (χ2n) is 8.56. The lowest BCUT2D eigenvalue weighted by atomic mass is 10.00. The third kappa shape index (κ3) is 4.79. The fourth-order valence-corrected chi connectivity index (χ4v) is 6.52. The second kappa shape index (κ2) is 9.83. The molecule has 0 spiro atoms. The second-order valence-corrected chi connectivity index (χ2v) is 11.7. The Labute approximate surface area is 218 Å². The van der Waals surface area contributed by atoms with Gasteiger partial charge in [-0.3, -0.25) is 14.5 Å². The first-order chi connectivity index (χ1) is 16.5. The molecule has 0 aliphatic carbocycles. The average Bonchev–Trinajstić information content (AvgIpc) is 2.81. The molecule has 0 N–H and O–H groups in total. The number of carbonyl (C=O) groups is 2. The Morgan fingerprint density at radius 2 is 1.83 bits per heavy atom. The van der Waals surface area contributed by atoms with Crippen LogP contribution < -0.4 is 4.74 Å². The van der Waals surface area contributed by atoms with Gasteiger partial charge in [-0.1, -0.05) is 39.7 Å². The van der Waals surface area contributed by atoms with Gasteiger partial charge in [0.15, 0.2) is 0 Å². The number of hydrogen-bond acceptors (Lipinski definition) is 5. The van der Waals surface area contributed by atoms with Crippen LogP contribution in [0.25, 0.3) is 0 Å². The Morgan fingerprint density at radius 1 is 1.14 bits per heavy atom. The number of rotatable bonds is 6. The molecule has 1 atom stereocenters. The van der Waals surface area contributed by atoms with Crippen LogP contribution >= 0.6 is 27.5 Å². The molecular formula is C24H25BrClN3O5S. The lowest BCUT2D eigenvalue weighted by Gasteiger charge is -2.47. The van der Waals surface area contributed by atoms with Gasteiger partial charge in [-0.25, -0.2) is 12.7 Å². The molecule has 1 unspecified atom stereocenters. The van der Waals surface area contributed by atoms with E-state index in [2.05, 4.69) is 15.9 Å². The highest BCUT2D eigenvalue weighted by Gasteiger charge is 2.47. The number of benzene rings is 2. The van der Waals surface area contributed by atoms with Crippen LogP contribution in [0.5, 0.6) is 5.75 Å². The summed E-state index contributed by atoms with van der Waals surface area (Å²) in [5, 5.41) is 0.558. The van der Waals surface area contributed by atoms with Crippen LogP contribution in [0.4, 0.5) is 0 Å². The maximum Gasteiger partial charge on any atom is 0.269 e. The summed E-state index contributed by atoms with van der Waals surface area (Å²) < 4.78 is 34.8. The average molecular weight is 583 g/mol. The van der Waals surface area contributed by atoms with Gasteiger partial charge >= 0.3 is 0 Å². The first-order valence-electron chi connectivity index (χ1n) is 11.0. The lowest BCUT2D eigenvalue weighted by molar-refractivity contribution is -0.148. The SMILES string of the molecule is COc1ccc(Br)cc1S(=O)(=O)N1CCC(=O)N2C1=CN(C(C)C)C(=O)C2Cc1ccc(Cl)cc1. The van der Waals surface area contributed by atoms with Gasteiger partial charge in [0.1, 0.15) is 22.5 Å². The summed E-state index contributed by atoms with van der Waals surface area (Å²) >= 11 is 9.34. The minimum atomic E-state index is -4.13. The fraction of sp³-hybridized carbons (Fsp3) is 0.333. The molecule has 0 bridgehead atoms. The zero-order valence-electron chi connectivity index (χ0n) is 19.4. The van der Waals surface area contributed by atoms with Crippen molar-refractivity contribution in [3.8, 4) is 5.75 Å². The Bertz CT molecular complexity index is 1300. The predicted molar refractivity (Wildman–Crippen MR) is 135 cm³/mol. The standard InChI is InChI=1S/C24H25BrClN3O5S/c1-15(2)27-14-22-28(35(32,33)21-13-17(25)6-9-20(21)34-3)11-10-23(30)29(22)19(24(27)31)12-16-4-7-18(26)8-5-16/h4-9,13-15,19H,10-12H2,1-3H3. The third-order valence-corrected chi connectivity index (χ3v) is 8.57. The van der Waals surface area contributed by atoms with Crippen LogP contribution in [0.15, 0.2) is 63.9 Å². The maximum absolute atomic E-state index is 13.9. The van der Waals surface area contributed by atoms with Crippen molar-refractivity contribution in [3.05, 3.63) is 69.5 Å². The molecule has 2 aromatic carbocycles. The van der Waals surface area contributed by atoms with Crippen LogP contribution in [-0.2, 0) is 26.0 Å². The molecule has 2 heterocycles. The molecule has 4 rings (SSSR count). The summed E-state index contributed by atoms with van der Waals surface area (Å²) in [5.41, 5.74) is 0.805. The van der Waals surface area contributed by atoms with Gasteiger partial charge in [0.2, 0.25) is 11.8 Å². The van der Waals surface area contributed by atoms with E-state index in [1.54, 1.807) is 36.4 Å². The van der Waals surface area contributed by atoms with Gasteiger partial charge in [0.25, 0.3) is 10.0 Å². The van der Waals surface area contributed by atoms with Crippen molar-refractivity contribution >= 4 is 49.4 Å². The normalized spacial score (nSPS) is 18.6. The first kappa shape index (κ1) is 25.5. The Hall–Kier alpha value is -2.56. The molecular weight excluding hydrogens is 558 g/mol. The van der Waals surface area contributed by atoms with E-state index >= 15 is 0 Å². The zero-order valence-corrected chi connectivity index (χ0v) is 22.6. The molecule has 1 saturated heterocycles. The lowest BCUT2D eigenvalue weighted by Crippen LogP contribution is -2.61. The van der Waals surface area contributed by atoms with Gasteiger partial charge in [0, 0.05) is 41.1 Å². The highest BCUT2D eigenvalue weighted by atomic mass is 79.9. The minimum Gasteiger partial charge on any atom is -0.495 e. The number of sulfonamides is 1. The number of fused-ring (bicyclic) bond motifs is 1. The van der Waals surface area contributed by atoms with Crippen molar-refractivity contribution < 1.29 is 22.7 Å². The molecule has 2 aromatic rings. The van der Waals surface area contributed by atoms with Gasteiger partial charge in [-0.15, -0.1) is 0 Å². The van der Waals surface area contributed by atoms with Crippen molar-refractivity contribution in [2.75, 3.05) is 13.7 Å². The van der Waals surface area contributed by atoms with Crippen LogP contribution in [-0.4, -0.2) is 60.1 Å². The smallest absolute Gasteiger partial charge is 0.269 e. The maximum atomic E-state index is 13.9. The van der Waals surface area contributed by atoms with Crippen molar-refractivity contribution in [2.24, 2.45) is 0 Å². The molecule has 2 aliphatic heterocycles. The number of nitrogens with zero attached hydrogens (tertiary/aromatic N) is 3. The van der Waals surface area contributed by atoms with Crippen molar-refractivity contribution in [2.45, 2.75) is 43.7 Å². The molecule has 2 aliphatic rings. The van der Waals surface area contributed by atoms with Gasteiger partial charge in [0.05, 0.1) is 7.11 Å². The summed E-state index contributed by atoms with van der Waals surface area (Å²) in [4.78, 5) is 29.4. The van der Waals surface area contributed by atoms with Crippen molar-refractivity contribution in [1.29, 1.82) is 0 Å². The van der Waals surface area contributed by atoms with E-state index in [9.17, 15) is 18.0 Å². The van der Waals surface area contributed by atoms with E-state index in [0.717, 1.165) is 5.56 Å². The van der Waals surface area contributed by atoms with E-state index in [1.165, 1.54) is 33.5 Å². The Balaban J connectivity index is 1.82. The van der Waals surface area contributed by atoms with Gasteiger partial charge < -0.3 is 9.64 Å². The number of carbonyl (C=O) groups excluding carboxylic acids is 2. The molecule has 1 fully saturated rings. The predicted octanol–water partition coefficient (Wildman–Crippen LogP) is 3.99. The van der Waals surface area contributed by atoms with E-state index in [4.69, 9.17) is 16.3 Å². The number of halogens is 2. The molecule has 35 heavy (non-hydrogen) atoms. The largest absolute Gasteiger partial charge is 0.495 e. The highest BCUT2D eigenvalue weighted by molar-refractivity contribution is 9.10. The highest BCUT2D eigenvalue weighted by Crippen LogP contribution is 2.37. The van der Waals surface area contributed by atoms with Gasteiger partial charge in [-0.2, -0.15) is 0 Å². The van der Waals surface area contributed by atoms with Crippen molar-refractivity contribution in [1.82, 2.24) is 14.1 Å². The fourth-order valence-electron chi connectivity index (χ4n) is 4.25. The molecule has 0 aromatic heterocycles. The summed E-state index contributed by atoms with van der Waals surface area (Å²) in [6, 6.07) is 10.6. The number of amides is 2. The van der Waals surface area contributed by atoms with Crippen LogP contribution in [0.2, 0.25) is 5.02 Å².